The molecule has 1 atom stereocenters. The summed E-state index contributed by atoms with van der Waals surface area (Å²) in [6, 6.07) is -0.628. The maximum atomic E-state index is 10.6. The molecule has 0 spiro atoms. The van der Waals surface area contributed by atoms with E-state index in [1.807, 2.05) is 20.8 Å². The summed E-state index contributed by atoms with van der Waals surface area (Å²) in [4.78, 5) is 14.7. The fourth-order valence-corrected chi connectivity index (χ4v) is 0.962. The van der Waals surface area contributed by atoms with Crippen molar-refractivity contribution in [3.8, 4) is 0 Å². The van der Waals surface area contributed by atoms with Gasteiger partial charge in [0.15, 0.2) is 5.82 Å². The normalized spacial score (nSPS) is 13.8. The van der Waals surface area contributed by atoms with Gasteiger partial charge in [0.1, 0.15) is 6.04 Å². The van der Waals surface area contributed by atoms with Gasteiger partial charge >= 0.3 is 5.97 Å². The molecule has 1 aromatic heterocycles. The van der Waals surface area contributed by atoms with Gasteiger partial charge in [0.25, 0.3) is 0 Å². The predicted molar refractivity (Wildman–Crippen MR) is 56.9 cm³/mol. The Morgan fingerprint density at radius 1 is 1.56 bits per heavy atom. The van der Waals surface area contributed by atoms with Gasteiger partial charge in [0.2, 0.25) is 5.89 Å². The zero-order valence-electron chi connectivity index (χ0n) is 9.94. The van der Waals surface area contributed by atoms with Crippen LogP contribution in [0.15, 0.2) is 4.52 Å². The van der Waals surface area contributed by atoms with Crippen molar-refractivity contribution >= 4 is 5.97 Å². The largest absolute Gasteiger partial charge is 0.480 e. The molecule has 16 heavy (non-hydrogen) atoms. The molecule has 0 fully saturated rings. The van der Waals surface area contributed by atoms with Gasteiger partial charge in [-0.05, 0) is 6.92 Å². The van der Waals surface area contributed by atoms with E-state index in [4.69, 9.17) is 9.63 Å². The first kappa shape index (κ1) is 12.6. The minimum atomic E-state index is -0.903. The zero-order valence-corrected chi connectivity index (χ0v) is 9.94. The molecule has 0 aliphatic rings. The quantitative estimate of drug-likeness (QED) is 0.795. The van der Waals surface area contributed by atoms with E-state index >= 15 is 0 Å². The maximum Gasteiger partial charge on any atom is 0.320 e. The van der Waals surface area contributed by atoms with Crippen molar-refractivity contribution in [2.45, 2.75) is 45.7 Å². The standard InChI is InChI=1S/C10H17N3O3/c1-6(8(14)15)11-5-7-12-9(16-13-7)10(2,3)4/h6,11H,5H2,1-4H3,(H,14,15). The Morgan fingerprint density at radius 2 is 2.19 bits per heavy atom. The Bertz CT molecular complexity index is 368. The lowest BCUT2D eigenvalue weighted by Crippen LogP contribution is -2.33. The molecule has 0 aromatic carbocycles. The second-order valence-electron chi connectivity index (χ2n) is 4.71. The summed E-state index contributed by atoms with van der Waals surface area (Å²) < 4.78 is 5.07. The number of aliphatic carboxylic acids is 1. The van der Waals surface area contributed by atoms with E-state index in [0.29, 0.717) is 11.7 Å². The summed E-state index contributed by atoms with van der Waals surface area (Å²) in [7, 11) is 0. The van der Waals surface area contributed by atoms with Gasteiger partial charge in [-0.3, -0.25) is 10.1 Å². The van der Waals surface area contributed by atoms with Crippen LogP contribution in [-0.2, 0) is 16.8 Å². The minimum Gasteiger partial charge on any atom is -0.480 e. The zero-order chi connectivity index (χ0) is 12.3. The number of aromatic nitrogens is 2. The minimum absolute atomic E-state index is 0.191. The molecule has 0 saturated carbocycles. The average Bonchev–Trinajstić information content (AvgIpc) is 2.61. The predicted octanol–water partition coefficient (Wildman–Crippen LogP) is 0.930. The molecule has 6 nitrogen and oxygen atoms in total. The topological polar surface area (TPSA) is 88.3 Å². The molecular weight excluding hydrogens is 210 g/mol. The molecule has 1 aromatic rings. The number of carboxylic acid groups (broad SMARTS) is 1. The van der Waals surface area contributed by atoms with E-state index in [1.165, 1.54) is 0 Å². The summed E-state index contributed by atoms with van der Waals surface area (Å²) in [6.07, 6.45) is 0. The molecule has 0 saturated heterocycles. The van der Waals surface area contributed by atoms with Gasteiger partial charge in [-0.25, -0.2) is 0 Å². The van der Waals surface area contributed by atoms with Crippen molar-refractivity contribution < 1.29 is 14.4 Å². The Labute approximate surface area is 94.0 Å². The highest BCUT2D eigenvalue weighted by Gasteiger charge is 2.22. The smallest absolute Gasteiger partial charge is 0.320 e. The van der Waals surface area contributed by atoms with Crippen LogP contribution in [0.3, 0.4) is 0 Å². The Morgan fingerprint density at radius 3 is 2.62 bits per heavy atom. The number of hydrogen-bond acceptors (Lipinski definition) is 5. The summed E-state index contributed by atoms with van der Waals surface area (Å²) in [5.41, 5.74) is -0.191. The molecule has 6 heteroatoms. The first-order valence-corrected chi connectivity index (χ1v) is 5.10. The lowest BCUT2D eigenvalue weighted by atomic mass is 9.97. The summed E-state index contributed by atoms with van der Waals surface area (Å²) in [6.45, 7) is 7.76. The van der Waals surface area contributed by atoms with E-state index in [2.05, 4.69) is 15.5 Å². The molecule has 0 amide bonds. The average molecular weight is 227 g/mol. The molecule has 0 radical (unpaired) electrons. The van der Waals surface area contributed by atoms with Crippen molar-refractivity contribution in [1.29, 1.82) is 0 Å². The van der Waals surface area contributed by atoms with Crippen molar-refractivity contribution in [2.75, 3.05) is 0 Å². The van der Waals surface area contributed by atoms with Crippen LogP contribution in [0.5, 0.6) is 0 Å². The Kier molecular flexibility index (Phi) is 3.64. The fourth-order valence-electron chi connectivity index (χ4n) is 0.962. The monoisotopic (exact) mass is 227 g/mol. The van der Waals surface area contributed by atoms with Crippen molar-refractivity contribution in [2.24, 2.45) is 0 Å². The lowest BCUT2D eigenvalue weighted by molar-refractivity contribution is -0.139. The number of nitrogens with zero attached hydrogens (tertiary/aromatic N) is 2. The molecule has 0 aliphatic heterocycles. The third-order valence-corrected chi connectivity index (χ3v) is 2.05. The van der Waals surface area contributed by atoms with Gasteiger partial charge in [0, 0.05) is 5.41 Å². The van der Waals surface area contributed by atoms with Crippen LogP contribution < -0.4 is 5.32 Å². The number of hydrogen-bond donors (Lipinski definition) is 2. The third kappa shape index (κ3) is 3.30. The summed E-state index contributed by atoms with van der Waals surface area (Å²) in [5, 5.41) is 15.2. The van der Waals surface area contributed by atoms with Crippen LogP contribution >= 0.6 is 0 Å². The highest BCUT2D eigenvalue weighted by atomic mass is 16.5. The van der Waals surface area contributed by atoms with Crippen LogP contribution in [0.2, 0.25) is 0 Å². The second-order valence-corrected chi connectivity index (χ2v) is 4.71. The van der Waals surface area contributed by atoms with Crippen LogP contribution in [-0.4, -0.2) is 27.3 Å². The number of carbonyl (C=O) groups is 1. The number of nitrogens with one attached hydrogen (secondary N) is 1. The third-order valence-electron chi connectivity index (χ3n) is 2.05. The molecule has 1 rings (SSSR count). The molecular formula is C10H17N3O3. The maximum absolute atomic E-state index is 10.6. The van der Waals surface area contributed by atoms with E-state index in [1.54, 1.807) is 6.92 Å². The molecule has 90 valence electrons. The number of rotatable bonds is 4. The Balaban J connectivity index is 2.57. The van der Waals surface area contributed by atoms with Crippen molar-refractivity contribution in [3.63, 3.8) is 0 Å². The first-order valence-electron chi connectivity index (χ1n) is 5.10. The Hall–Kier alpha value is -1.43. The molecule has 2 N–H and O–H groups in total. The summed E-state index contributed by atoms with van der Waals surface area (Å²) >= 11 is 0. The van der Waals surface area contributed by atoms with E-state index in [-0.39, 0.29) is 12.0 Å². The van der Waals surface area contributed by atoms with Crippen LogP contribution in [0.25, 0.3) is 0 Å². The highest BCUT2D eigenvalue weighted by molar-refractivity contribution is 5.72. The first-order chi connectivity index (χ1) is 7.30. The van der Waals surface area contributed by atoms with Gasteiger partial charge in [-0.2, -0.15) is 4.98 Å². The van der Waals surface area contributed by atoms with Crippen LogP contribution in [0, 0.1) is 0 Å². The molecule has 0 aliphatic carbocycles. The van der Waals surface area contributed by atoms with E-state index in [0.717, 1.165) is 0 Å². The highest BCUT2D eigenvalue weighted by Crippen LogP contribution is 2.19. The van der Waals surface area contributed by atoms with Gasteiger partial charge in [-0.1, -0.05) is 25.9 Å². The fraction of sp³-hybridized carbons (Fsp3) is 0.700. The van der Waals surface area contributed by atoms with Gasteiger partial charge < -0.3 is 9.63 Å². The van der Waals surface area contributed by atoms with Gasteiger partial charge in [-0.15, -0.1) is 0 Å². The SMILES string of the molecule is CC(NCc1noc(C(C)(C)C)n1)C(=O)O. The van der Waals surface area contributed by atoms with Crippen LogP contribution in [0.4, 0.5) is 0 Å². The van der Waals surface area contributed by atoms with Crippen LogP contribution in [0.1, 0.15) is 39.4 Å². The number of carboxylic acids is 1. The summed E-state index contributed by atoms with van der Waals surface area (Å²) in [5.74, 6) is 0.116. The lowest BCUT2D eigenvalue weighted by Gasteiger charge is -2.10. The molecule has 1 heterocycles. The van der Waals surface area contributed by atoms with Crippen molar-refractivity contribution in [3.05, 3.63) is 11.7 Å². The molecule has 1 unspecified atom stereocenters. The molecule has 0 bridgehead atoms. The van der Waals surface area contributed by atoms with E-state index < -0.39 is 12.0 Å². The van der Waals surface area contributed by atoms with Crippen molar-refractivity contribution in [1.82, 2.24) is 15.5 Å². The second kappa shape index (κ2) is 4.61. The van der Waals surface area contributed by atoms with Gasteiger partial charge in [0.05, 0.1) is 6.54 Å². The van der Waals surface area contributed by atoms with E-state index in [9.17, 15) is 4.79 Å².